The number of rotatable bonds is 4. The number of benzene rings is 2. The van der Waals surface area contributed by atoms with Crippen LogP contribution in [0.3, 0.4) is 0 Å². The Kier molecular flexibility index (Phi) is 5.95. The van der Waals surface area contributed by atoms with Gasteiger partial charge in [0, 0.05) is 18.4 Å². The van der Waals surface area contributed by atoms with Crippen LogP contribution in [-0.2, 0) is 9.47 Å². The summed E-state index contributed by atoms with van der Waals surface area (Å²) in [6.45, 7) is 5.43. The number of esters is 1. The van der Waals surface area contributed by atoms with E-state index >= 15 is 0 Å². The summed E-state index contributed by atoms with van der Waals surface area (Å²) >= 11 is 0. The minimum atomic E-state index is -0.569. The number of hydrogen-bond acceptors (Lipinski definition) is 6. The predicted octanol–water partition coefficient (Wildman–Crippen LogP) is 4.22. The third kappa shape index (κ3) is 5.37. The maximum absolute atomic E-state index is 12.1. The maximum Gasteiger partial charge on any atom is 0.414 e. The topological polar surface area (TPSA) is 91.1 Å². The van der Waals surface area contributed by atoms with Gasteiger partial charge in [0.25, 0.3) is 0 Å². The molecule has 0 spiro atoms. The molecule has 0 saturated carbocycles. The predicted molar refractivity (Wildman–Crippen MR) is 103 cm³/mol. The Hall–Kier alpha value is -3.22. The maximum atomic E-state index is 12.1. The zero-order chi connectivity index (χ0) is 20.2. The smallest absolute Gasteiger partial charge is 0.414 e. The number of amides is 1. The highest BCUT2D eigenvalue weighted by molar-refractivity contribution is 5.95. The highest BCUT2D eigenvalue weighted by Crippen LogP contribution is 2.27. The normalized spacial score (nSPS) is 10.9. The third-order valence-corrected chi connectivity index (χ3v) is 3.56. The molecule has 0 aliphatic rings. The molecule has 7 nitrogen and oxygen atoms in total. The zero-order valence-corrected chi connectivity index (χ0v) is 16.1. The molecule has 1 amide bonds. The van der Waals surface area contributed by atoms with Gasteiger partial charge >= 0.3 is 12.1 Å². The van der Waals surface area contributed by atoms with Gasteiger partial charge in [0.15, 0.2) is 0 Å². The molecule has 0 aliphatic carbocycles. The first-order valence-electron chi connectivity index (χ1n) is 8.33. The number of nitrogens with two attached hydrogens (primary N) is 1. The van der Waals surface area contributed by atoms with Gasteiger partial charge in [0.05, 0.1) is 12.7 Å². The summed E-state index contributed by atoms with van der Waals surface area (Å²) in [6.07, 6.45) is -0.447. The summed E-state index contributed by atoms with van der Waals surface area (Å²) in [5.74, 6) is 0.446. The molecule has 0 aliphatic heterocycles. The van der Waals surface area contributed by atoms with Crippen molar-refractivity contribution in [1.29, 1.82) is 0 Å². The van der Waals surface area contributed by atoms with Crippen LogP contribution in [0.25, 0.3) is 0 Å². The number of methoxy groups -OCH3 is 1. The van der Waals surface area contributed by atoms with Crippen molar-refractivity contribution in [3.05, 3.63) is 48.0 Å². The van der Waals surface area contributed by atoms with E-state index in [2.05, 4.69) is 0 Å². The molecule has 0 radical (unpaired) electrons. The van der Waals surface area contributed by atoms with Crippen LogP contribution in [0, 0.1) is 0 Å². The van der Waals surface area contributed by atoms with Crippen molar-refractivity contribution in [2.75, 3.05) is 24.8 Å². The minimum absolute atomic E-state index is 0.233. The number of anilines is 2. The van der Waals surface area contributed by atoms with E-state index in [1.807, 2.05) is 20.8 Å². The van der Waals surface area contributed by atoms with Crippen molar-refractivity contribution in [1.82, 2.24) is 0 Å². The van der Waals surface area contributed by atoms with Crippen LogP contribution in [0.5, 0.6) is 11.5 Å². The van der Waals surface area contributed by atoms with Gasteiger partial charge in [-0.15, -0.1) is 0 Å². The molecule has 0 bridgehead atoms. The quantitative estimate of drug-likeness (QED) is 0.638. The van der Waals surface area contributed by atoms with Crippen molar-refractivity contribution in [2.24, 2.45) is 0 Å². The van der Waals surface area contributed by atoms with E-state index in [1.54, 1.807) is 43.4 Å². The molecule has 7 heteroatoms. The van der Waals surface area contributed by atoms with Gasteiger partial charge in [0.2, 0.25) is 0 Å². The lowest BCUT2D eigenvalue weighted by Crippen LogP contribution is -2.34. The van der Waals surface area contributed by atoms with Crippen molar-refractivity contribution in [3.8, 4) is 11.5 Å². The fourth-order valence-electron chi connectivity index (χ4n) is 2.20. The molecule has 0 atom stereocenters. The van der Waals surface area contributed by atoms with E-state index in [4.69, 9.17) is 19.9 Å². The largest absolute Gasteiger partial charge is 0.465 e. The summed E-state index contributed by atoms with van der Waals surface area (Å²) in [6, 6.07) is 11.6. The van der Waals surface area contributed by atoms with Crippen LogP contribution < -0.4 is 15.4 Å². The molecule has 0 fully saturated rings. The molecule has 27 heavy (non-hydrogen) atoms. The van der Waals surface area contributed by atoms with Gasteiger partial charge < -0.3 is 19.9 Å². The Morgan fingerprint density at radius 1 is 1.00 bits per heavy atom. The second kappa shape index (κ2) is 7.99. The fraction of sp³-hybridized carbons (Fsp3) is 0.300. The van der Waals surface area contributed by atoms with Gasteiger partial charge in [-0.25, -0.2) is 9.59 Å². The van der Waals surface area contributed by atoms with E-state index in [1.165, 1.54) is 18.1 Å². The van der Waals surface area contributed by atoms with E-state index in [9.17, 15) is 9.59 Å². The van der Waals surface area contributed by atoms with Crippen molar-refractivity contribution >= 4 is 23.4 Å². The molecular formula is C20H24N2O5. The summed E-state index contributed by atoms with van der Waals surface area (Å²) in [5.41, 5.74) is 6.41. The SMILES string of the molecule is COC(=O)c1cc(Oc2ccc(N(C)C(=O)OC(C)(C)C)cc2)ccc1N. The lowest BCUT2D eigenvalue weighted by Gasteiger charge is -2.24. The number of nitrogens with zero attached hydrogens (tertiary/aromatic N) is 1. The molecule has 2 aromatic carbocycles. The Balaban J connectivity index is 2.12. The highest BCUT2D eigenvalue weighted by Gasteiger charge is 2.20. The second-order valence-corrected chi connectivity index (χ2v) is 6.88. The molecule has 0 unspecified atom stereocenters. The summed E-state index contributed by atoms with van der Waals surface area (Å²) in [4.78, 5) is 25.2. The number of hydrogen-bond donors (Lipinski definition) is 1. The summed E-state index contributed by atoms with van der Waals surface area (Å²) in [7, 11) is 2.92. The van der Waals surface area contributed by atoms with Gasteiger partial charge in [0.1, 0.15) is 17.1 Å². The van der Waals surface area contributed by atoms with Gasteiger partial charge in [-0.2, -0.15) is 0 Å². The lowest BCUT2D eigenvalue weighted by atomic mass is 10.1. The minimum Gasteiger partial charge on any atom is -0.465 e. The summed E-state index contributed by atoms with van der Waals surface area (Å²) in [5, 5.41) is 0. The lowest BCUT2D eigenvalue weighted by molar-refractivity contribution is 0.0584. The molecule has 144 valence electrons. The van der Waals surface area contributed by atoms with Crippen LogP contribution in [0.4, 0.5) is 16.2 Å². The van der Waals surface area contributed by atoms with Crippen molar-refractivity contribution in [3.63, 3.8) is 0 Å². The van der Waals surface area contributed by atoms with Gasteiger partial charge in [-0.05, 0) is 63.2 Å². The van der Waals surface area contributed by atoms with Crippen LogP contribution in [0.1, 0.15) is 31.1 Å². The average Bonchev–Trinajstić information content (AvgIpc) is 2.61. The Bertz CT molecular complexity index is 825. The van der Waals surface area contributed by atoms with Crippen molar-refractivity contribution in [2.45, 2.75) is 26.4 Å². The number of carbonyl (C=O) groups excluding carboxylic acids is 2. The van der Waals surface area contributed by atoms with E-state index in [0.717, 1.165) is 0 Å². The Morgan fingerprint density at radius 2 is 1.59 bits per heavy atom. The third-order valence-electron chi connectivity index (χ3n) is 3.56. The summed E-state index contributed by atoms with van der Waals surface area (Å²) < 4.78 is 15.8. The van der Waals surface area contributed by atoms with Crippen molar-refractivity contribution < 1.29 is 23.8 Å². The van der Waals surface area contributed by atoms with Crippen LogP contribution in [0.2, 0.25) is 0 Å². The monoisotopic (exact) mass is 372 g/mol. The zero-order valence-electron chi connectivity index (χ0n) is 16.1. The highest BCUT2D eigenvalue weighted by atomic mass is 16.6. The molecule has 2 N–H and O–H groups in total. The Morgan fingerprint density at radius 3 is 2.15 bits per heavy atom. The number of nitrogen functional groups attached to an aromatic ring is 1. The fourth-order valence-corrected chi connectivity index (χ4v) is 2.20. The first-order valence-corrected chi connectivity index (χ1v) is 8.33. The molecule has 2 aromatic rings. The van der Waals surface area contributed by atoms with Crippen LogP contribution in [0.15, 0.2) is 42.5 Å². The van der Waals surface area contributed by atoms with E-state index in [0.29, 0.717) is 22.9 Å². The second-order valence-electron chi connectivity index (χ2n) is 6.88. The molecule has 0 heterocycles. The molecule has 0 aromatic heterocycles. The average molecular weight is 372 g/mol. The molecule has 0 saturated heterocycles. The first kappa shape index (κ1) is 20.1. The molecular weight excluding hydrogens is 348 g/mol. The van der Waals surface area contributed by atoms with Crippen LogP contribution in [-0.4, -0.2) is 31.8 Å². The Labute approximate surface area is 158 Å². The van der Waals surface area contributed by atoms with Crippen LogP contribution >= 0.6 is 0 Å². The van der Waals surface area contributed by atoms with E-state index in [-0.39, 0.29) is 5.56 Å². The van der Waals surface area contributed by atoms with Gasteiger partial charge in [-0.3, -0.25) is 4.90 Å². The first-order chi connectivity index (χ1) is 12.6. The molecule has 2 rings (SSSR count). The number of carbonyl (C=O) groups is 2. The van der Waals surface area contributed by atoms with E-state index < -0.39 is 17.7 Å². The van der Waals surface area contributed by atoms with Gasteiger partial charge in [-0.1, -0.05) is 0 Å². The number of ether oxygens (including phenoxy) is 3. The standard InChI is InChI=1S/C20H24N2O5/c1-20(2,3)27-19(24)22(4)13-6-8-14(9-7-13)26-15-10-11-17(21)16(12-15)18(23)25-5/h6-12H,21H2,1-5H3.